The number of amides is 2. The molecular formula is C8H17N3O3. The van der Waals surface area contributed by atoms with Crippen molar-refractivity contribution in [2.75, 3.05) is 13.7 Å². The highest BCUT2D eigenvalue weighted by atomic mass is 16.5. The van der Waals surface area contributed by atoms with E-state index in [-0.39, 0.29) is 6.54 Å². The molecule has 0 spiro atoms. The SMILES string of the molecule is COC(CN)C(=O)NC(C)(C)C(N)=O. The molecule has 0 aliphatic heterocycles. The molecule has 0 fully saturated rings. The average Bonchev–Trinajstić information content (AvgIpc) is 2.05. The second-order valence-corrected chi connectivity index (χ2v) is 3.44. The van der Waals surface area contributed by atoms with Crippen molar-refractivity contribution in [3.8, 4) is 0 Å². The van der Waals surface area contributed by atoms with Gasteiger partial charge in [0.05, 0.1) is 0 Å². The van der Waals surface area contributed by atoms with E-state index in [9.17, 15) is 9.59 Å². The van der Waals surface area contributed by atoms with E-state index in [2.05, 4.69) is 5.32 Å². The lowest BCUT2D eigenvalue weighted by Gasteiger charge is -2.24. The average molecular weight is 203 g/mol. The Morgan fingerprint density at radius 2 is 2.00 bits per heavy atom. The summed E-state index contributed by atoms with van der Waals surface area (Å²) in [5.74, 6) is -1.06. The normalized spacial score (nSPS) is 13.4. The van der Waals surface area contributed by atoms with Gasteiger partial charge in [-0.3, -0.25) is 9.59 Å². The quantitative estimate of drug-likeness (QED) is 0.497. The van der Waals surface area contributed by atoms with E-state index >= 15 is 0 Å². The van der Waals surface area contributed by atoms with Crippen molar-refractivity contribution in [1.82, 2.24) is 5.32 Å². The number of carbonyl (C=O) groups is 2. The third-order valence-corrected chi connectivity index (χ3v) is 1.84. The van der Waals surface area contributed by atoms with Crippen LogP contribution in [0.1, 0.15) is 13.8 Å². The van der Waals surface area contributed by atoms with Gasteiger partial charge in [0, 0.05) is 13.7 Å². The summed E-state index contributed by atoms with van der Waals surface area (Å²) in [5.41, 5.74) is 9.26. The van der Waals surface area contributed by atoms with Gasteiger partial charge in [0.15, 0.2) is 0 Å². The summed E-state index contributed by atoms with van der Waals surface area (Å²) in [6, 6.07) is 0. The Morgan fingerprint density at radius 1 is 1.50 bits per heavy atom. The van der Waals surface area contributed by atoms with E-state index in [0.717, 1.165) is 0 Å². The summed E-state index contributed by atoms with van der Waals surface area (Å²) in [5, 5.41) is 2.44. The lowest BCUT2D eigenvalue weighted by Crippen LogP contribution is -2.56. The zero-order valence-corrected chi connectivity index (χ0v) is 8.66. The Bertz CT molecular complexity index is 224. The molecule has 2 amide bonds. The molecule has 0 radical (unpaired) electrons. The third kappa shape index (κ3) is 3.31. The Hall–Kier alpha value is -1.14. The van der Waals surface area contributed by atoms with Gasteiger partial charge in [0.1, 0.15) is 11.6 Å². The van der Waals surface area contributed by atoms with Gasteiger partial charge in [-0.2, -0.15) is 0 Å². The van der Waals surface area contributed by atoms with E-state index in [1.54, 1.807) is 0 Å². The summed E-state index contributed by atoms with van der Waals surface area (Å²) >= 11 is 0. The Labute approximate surface area is 83.0 Å². The smallest absolute Gasteiger partial charge is 0.251 e. The maximum absolute atomic E-state index is 11.4. The number of methoxy groups -OCH3 is 1. The van der Waals surface area contributed by atoms with Gasteiger partial charge in [-0.15, -0.1) is 0 Å². The number of carbonyl (C=O) groups excluding carboxylic acids is 2. The zero-order chi connectivity index (χ0) is 11.4. The zero-order valence-electron chi connectivity index (χ0n) is 8.66. The number of nitrogens with two attached hydrogens (primary N) is 2. The van der Waals surface area contributed by atoms with Crippen LogP contribution in [0, 0.1) is 0 Å². The van der Waals surface area contributed by atoms with Crippen LogP contribution in [-0.2, 0) is 14.3 Å². The first-order valence-corrected chi connectivity index (χ1v) is 4.20. The molecule has 6 nitrogen and oxygen atoms in total. The minimum absolute atomic E-state index is 0.0528. The van der Waals surface area contributed by atoms with Crippen LogP contribution in [0.3, 0.4) is 0 Å². The standard InChI is InChI=1S/C8H17N3O3/c1-8(2,7(10)13)11-6(12)5(4-9)14-3/h5H,4,9H2,1-3H3,(H2,10,13)(H,11,12). The van der Waals surface area contributed by atoms with Crippen LogP contribution in [0.5, 0.6) is 0 Å². The molecule has 0 saturated carbocycles. The van der Waals surface area contributed by atoms with E-state index in [1.165, 1.54) is 21.0 Å². The molecule has 0 heterocycles. The highest BCUT2D eigenvalue weighted by molar-refractivity contribution is 5.91. The molecule has 82 valence electrons. The highest BCUT2D eigenvalue weighted by Gasteiger charge is 2.29. The van der Waals surface area contributed by atoms with Crippen LogP contribution in [0.4, 0.5) is 0 Å². The molecule has 0 aliphatic rings. The lowest BCUT2D eigenvalue weighted by molar-refractivity contribution is -0.136. The van der Waals surface area contributed by atoms with Gasteiger partial charge in [0.2, 0.25) is 5.91 Å². The van der Waals surface area contributed by atoms with Crippen molar-refractivity contribution >= 4 is 11.8 Å². The predicted molar refractivity (Wildman–Crippen MR) is 51.3 cm³/mol. The molecule has 6 heteroatoms. The summed E-state index contributed by atoms with van der Waals surface area (Å²) in [6.45, 7) is 3.07. The largest absolute Gasteiger partial charge is 0.370 e. The van der Waals surface area contributed by atoms with Crippen LogP contribution in [0.2, 0.25) is 0 Å². The molecule has 0 aromatic rings. The Kier molecular flexibility index (Phi) is 4.52. The maximum Gasteiger partial charge on any atom is 0.251 e. The summed E-state index contributed by atoms with van der Waals surface area (Å²) < 4.78 is 4.80. The Balaban J connectivity index is 4.38. The fourth-order valence-corrected chi connectivity index (χ4v) is 0.760. The molecule has 1 unspecified atom stereocenters. The van der Waals surface area contributed by atoms with E-state index in [0.29, 0.717) is 0 Å². The van der Waals surface area contributed by atoms with Crippen molar-refractivity contribution in [2.24, 2.45) is 11.5 Å². The summed E-state index contributed by atoms with van der Waals surface area (Å²) in [7, 11) is 1.37. The van der Waals surface area contributed by atoms with E-state index in [4.69, 9.17) is 16.2 Å². The summed E-state index contributed by atoms with van der Waals surface area (Å²) in [6.07, 6.45) is -0.756. The van der Waals surface area contributed by atoms with Gasteiger partial charge in [-0.1, -0.05) is 0 Å². The van der Waals surface area contributed by atoms with Crippen molar-refractivity contribution < 1.29 is 14.3 Å². The molecule has 0 saturated heterocycles. The van der Waals surface area contributed by atoms with Gasteiger partial charge in [-0.05, 0) is 13.8 Å². The fourth-order valence-electron chi connectivity index (χ4n) is 0.760. The van der Waals surface area contributed by atoms with Crippen molar-refractivity contribution in [1.29, 1.82) is 0 Å². The van der Waals surface area contributed by atoms with Crippen LogP contribution in [-0.4, -0.2) is 37.1 Å². The van der Waals surface area contributed by atoms with Crippen molar-refractivity contribution in [3.05, 3.63) is 0 Å². The number of nitrogens with one attached hydrogen (secondary N) is 1. The second kappa shape index (κ2) is 4.92. The first-order valence-electron chi connectivity index (χ1n) is 4.20. The molecule has 1 atom stereocenters. The Morgan fingerprint density at radius 3 is 2.29 bits per heavy atom. The van der Waals surface area contributed by atoms with Gasteiger partial charge in [-0.25, -0.2) is 0 Å². The highest BCUT2D eigenvalue weighted by Crippen LogP contribution is 2.01. The van der Waals surface area contributed by atoms with Crippen LogP contribution >= 0.6 is 0 Å². The lowest BCUT2D eigenvalue weighted by atomic mass is 10.0. The van der Waals surface area contributed by atoms with Crippen molar-refractivity contribution in [2.45, 2.75) is 25.5 Å². The molecule has 0 aromatic heterocycles. The van der Waals surface area contributed by atoms with E-state index in [1.807, 2.05) is 0 Å². The molecule has 0 aliphatic carbocycles. The minimum atomic E-state index is -1.09. The third-order valence-electron chi connectivity index (χ3n) is 1.84. The van der Waals surface area contributed by atoms with Crippen LogP contribution < -0.4 is 16.8 Å². The molecule has 0 aromatic carbocycles. The number of ether oxygens (including phenoxy) is 1. The molecule has 14 heavy (non-hydrogen) atoms. The first-order chi connectivity index (χ1) is 6.35. The molecule has 0 bridgehead atoms. The second-order valence-electron chi connectivity index (χ2n) is 3.44. The summed E-state index contributed by atoms with van der Waals surface area (Å²) in [4.78, 5) is 22.3. The predicted octanol–water partition coefficient (Wildman–Crippen LogP) is -1.66. The van der Waals surface area contributed by atoms with Crippen LogP contribution in [0.15, 0.2) is 0 Å². The van der Waals surface area contributed by atoms with Crippen LogP contribution in [0.25, 0.3) is 0 Å². The minimum Gasteiger partial charge on any atom is -0.370 e. The van der Waals surface area contributed by atoms with E-state index < -0.39 is 23.5 Å². The number of hydrogen-bond donors (Lipinski definition) is 3. The molecule has 0 rings (SSSR count). The maximum atomic E-state index is 11.4. The number of rotatable bonds is 5. The fraction of sp³-hybridized carbons (Fsp3) is 0.750. The van der Waals surface area contributed by atoms with Gasteiger partial charge < -0.3 is 21.5 Å². The monoisotopic (exact) mass is 203 g/mol. The first kappa shape index (κ1) is 12.9. The number of hydrogen-bond acceptors (Lipinski definition) is 4. The number of primary amides is 1. The molecular weight excluding hydrogens is 186 g/mol. The van der Waals surface area contributed by atoms with Gasteiger partial charge >= 0.3 is 0 Å². The van der Waals surface area contributed by atoms with Gasteiger partial charge in [0.25, 0.3) is 5.91 Å². The topological polar surface area (TPSA) is 107 Å². The van der Waals surface area contributed by atoms with Crippen molar-refractivity contribution in [3.63, 3.8) is 0 Å². The molecule has 5 N–H and O–H groups in total.